The lowest BCUT2D eigenvalue weighted by molar-refractivity contribution is 0.560. The summed E-state index contributed by atoms with van der Waals surface area (Å²) in [4.78, 5) is 4.54. The molecule has 17 heavy (non-hydrogen) atoms. The van der Waals surface area contributed by atoms with Crippen LogP contribution in [0.25, 0.3) is 10.2 Å². The van der Waals surface area contributed by atoms with Gasteiger partial charge < -0.3 is 5.32 Å². The van der Waals surface area contributed by atoms with E-state index in [1.54, 1.807) is 23.1 Å². The number of aromatic nitrogens is 1. The lowest BCUT2D eigenvalue weighted by atomic mass is 10.1. The second-order valence-corrected chi connectivity index (χ2v) is 6.63. The van der Waals surface area contributed by atoms with Gasteiger partial charge in [-0.2, -0.15) is 0 Å². The summed E-state index contributed by atoms with van der Waals surface area (Å²) in [6.07, 6.45) is 2.07. The van der Waals surface area contributed by atoms with Crippen LogP contribution in [-0.4, -0.2) is 17.3 Å². The molecule has 0 radical (unpaired) electrons. The van der Waals surface area contributed by atoms with Crippen LogP contribution in [0.1, 0.15) is 20.8 Å². The molecule has 2 nitrogen and oxygen atoms in total. The Morgan fingerprint density at radius 2 is 2.06 bits per heavy atom. The fraction of sp³-hybridized carbons (Fsp3) is 0.462. The number of benzene rings is 1. The maximum atomic E-state index is 4.54. The largest absolute Gasteiger partial charge is 0.382 e. The van der Waals surface area contributed by atoms with Gasteiger partial charge in [-0.1, -0.05) is 25.6 Å². The van der Waals surface area contributed by atoms with Crippen molar-refractivity contribution in [3.05, 3.63) is 18.2 Å². The minimum atomic E-state index is 0.486. The highest BCUT2D eigenvalue weighted by Crippen LogP contribution is 2.30. The fourth-order valence-electron chi connectivity index (χ4n) is 1.51. The highest BCUT2D eigenvalue weighted by atomic mass is 32.2. The zero-order chi connectivity index (χ0) is 12.4. The molecule has 0 amide bonds. The minimum absolute atomic E-state index is 0.486. The van der Waals surface area contributed by atoms with E-state index in [2.05, 4.69) is 55.5 Å². The molecule has 2 aromatic rings. The van der Waals surface area contributed by atoms with E-state index in [4.69, 9.17) is 0 Å². The number of nitrogens with zero attached hydrogens (tertiary/aromatic N) is 1. The molecule has 0 saturated heterocycles. The van der Waals surface area contributed by atoms with Gasteiger partial charge in [-0.25, -0.2) is 4.98 Å². The van der Waals surface area contributed by atoms with Crippen molar-refractivity contribution in [1.82, 2.24) is 4.98 Å². The third kappa shape index (κ3) is 2.93. The van der Waals surface area contributed by atoms with Gasteiger partial charge in [0, 0.05) is 11.7 Å². The monoisotopic (exact) mass is 266 g/mol. The van der Waals surface area contributed by atoms with E-state index >= 15 is 0 Å². The average Bonchev–Trinajstić information content (AvgIpc) is 2.70. The van der Waals surface area contributed by atoms with Gasteiger partial charge in [0.25, 0.3) is 0 Å². The molecule has 0 saturated carbocycles. The minimum Gasteiger partial charge on any atom is -0.382 e. The maximum Gasteiger partial charge on any atom is 0.150 e. The highest BCUT2D eigenvalue weighted by Gasteiger charge is 2.08. The van der Waals surface area contributed by atoms with Crippen molar-refractivity contribution in [2.24, 2.45) is 5.92 Å². The number of nitrogens with one attached hydrogen (secondary N) is 1. The number of fused-ring (bicyclic) bond motifs is 1. The van der Waals surface area contributed by atoms with Crippen molar-refractivity contribution in [2.45, 2.75) is 31.2 Å². The molecule has 0 aliphatic carbocycles. The molecule has 0 spiro atoms. The molecular weight excluding hydrogens is 248 g/mol. The highest BCUT2D eigenvalue weighted by molar-refractivity contribution is 8.00. The Balaban J connectivity index is 2.25. The number of thiazole rings is 1. The van der Waals surface area contributed by atoms with E-state index < -0.39 is 0 Å². The quantitative estimate of drug-likeness (QED) is 0.826. The Morgan fingerprint density at radius 1 is 1.29 bits per heavy atom. The van der Waals surface area contributed by atoms with Crippen LogP contribution in [0.3, 0.4) is 0 Å². The molecule has 1 unspecified atom stereocenters. The summed E-state index contributed by atoms with van der Waals surface area (Å²) in [6, 6.07) is 6.90. The number of rotatable bonds is 4. The second-order valence-electron chi connectivity index (χ2n) is 4.54. The van der Waals surface area contributed by atoms with Gasteiger partial charge in [0.15, 0.2) is 4.34 Å². The summed E-state index contributed by atoms with van der Waals surface area (Å²) >= 11 is 3.46. The van der Waals surface area contributed by atoms with Crippen molar-refractivity contribution in [2.75, 3.05) is 11.6 Å². The molecule has 92 valence electrons. The molecule has 1 heterocycles. The van der Waals surface area contributed by atoms with E-state index in [1.165, 1.54) is 10.4 Å². The van der Waals surface area contributed by atoms with Gasteiger partial charge in [0.1, 0.15) is 0 Å². The van der Waals surface area contributed by atoms with Crippen molar-refractivity contribution >= 4 is 39.0 Å². The topological polar surface area (TPSA) is 24.9 Å². The number of anilines is 1. The lowest BCUT2D eigenvalue weighted by Crippen LogP contribution is -2.21. The van der Waals surface area contributed by atoms with E-state index in [0.717, 1.165) is 9.86 Å². The molecule has 1 aromatic heterocycles. The SMILES string of the molecule is CSc1nc2ccc(NC(C)C(C)C)cc2s1. The first-order valence-electron chi connectivity index (χ1n) is 5.81. The molecule has 2 rings (SSSR count). The molecule has 1 atom stereocenters. The van der Waals surface area contributed by atoms with Gasteiger partial charge in [-0.15, -0.1) is 11.3 Å². The third-order valence-corrected chi connectivity index (χ3v) is 4.94. The van der Waals surface area contributed by atoms with Crippen LogP contribution in [0, 0.1) is 5.92 Å². The smallest absolute Gasteiger partial charge is 0.150 e. The Morgan fingerprint density at radius 3 is 2.71 bits per heavy atom. The molecule has 4 heteroatoms. The molecule has 0 aliphatic rings. The standard InChI is InChI=1S/C13H18N2S2/c1-8(2)9(3)14-10-5-6-11-12(7-10)17-13(15-11)16-4/h5-9,14H,1-4H3. The zero-order valence-electron chi connectivity index (χ0n) is 10.7. The van der Waals surface area contributed by atoms with Crippen LogP contribution >= 0.6 is 23.1 Å². The zero-order valence-corrected chi connectivity index (χ0v) is 12.3. The Kier molecular flexibility index (Phi) is 3.94. The van der Waals surface area contributed by atoms with Crippen LogP contribution in [-0.2, 0) is 0 Å². The van der Waals surface area contributed by atoms with Crippen molar-refractivity contribution in [1.29, 1.82) is 0 Å². The molecule has 1 aromatic carbocycles. The predicted octanol–water partition coefficient (Wildman–Crippen LogP) is 4.47. The first kappa shape index (κ1) is 12.7. The number of hydrogen-bond donors (Lipinski definition) is 1. The third-order valence-electron chi connectivity index (χ3n) is 2.94. The van der Waals surface area contributed by atoms with Crippen LogP contribution in [0.4, 0.5) is 5.69 Å². The summed E-state index contributed by atoms with van der Waals surface area (Å²) in [5, 5.41) is 3.53. The normalized spacial score (nSPS) is 13.2. The van der Waals surface area contributed by atoms with Crippen LogP contribution in [0.15, 0.2) is 22.5 Å². The first-order chi connectivity index (χ1) is 8.10. The van der Waals surface area contributed by atoms with E-state index in [-0.39, 0.29) is 0 Å². The molecule has 1 N–H and O–H groups in total. The van der Waals surface area contributed by atoms with Crippen molar-refractivity contribution < 1.29 is 0 Å². The summed E-state index contributed by atoms with van der Waals surface area (Å²) in [7, 11) is 0. The second kappa shape index (κ2) is 5.27. The first-order valence-corrected chi connectivity index (χ1v) is 7.85. The molecular formula is C13H18N2S2. The summed E-state index contributed by atoms with van der Waals surface area (Å²) in [5.41, 5.74) is 2.29. The Bertz CT molecular complexity index is 505. The van der Waals surface area contributed by atoms with Gasteiger partial charge >= 0.3 is 0 Å². The molecule has 0 fully saturated rings. The fourth-order valence-corrected chi connectivity index (χ4v) is 3.04. The molecule has 0 aliphatic heterocycles. The van der Waals surface area contributed by atoms with Gasteiger partial charge in [-0.3, -0.25) is 0 Å². The number of hydrogen-bond acceptors (Lipinski definition) is 4. The van der Waals surface area contributed by atoms with Crippen LogP contribution < -0.4 is 5.32 Å². The Hall–Kier alpha value is -0.740. The van der Waals surface area contributed by atoms with Crippen molar-refractivity contribution in [3.63, 3.8) is 0 Å². The maximum absolute atomic E-state index is 4.54. The van der Waals surface area contributed by atoms with Gasteiger partial charge in [-0.05, 0) is 37.3 Å². The van der Waals surface area contributed by atoms with Gasteiger partial charge in [0.2, 0.25) is 0 Å². The van der Waals surface area contributed by atoms with E-state index in [1.807, 2.05) is 0 Å². The molecule has 0 bridgehead atoms. The Labute approximate surface area is 111 Å². The van der Waals surface area contributed by atoms with E-state index in [0.29, 0.717) is 12.0 Å². The van der Waals surface area contributed by atoms with Crippen LogP contribution in [0.2, 0.25) is 0 Å². The van der Waals surface area contributed by atoms with Crippen LogP contribution in [0.5, 0.6) is 0 Å². The predicted molar refractivity (Wildman–Crippen MR) is 79.3 cm³/mol. The van der Waals surface area contributed by atoms with E-state index in [9.17, 15) is 0 Å². The summed E-state index contributed by atoms with van der Waals surface area (Å²) < 4.78 is 2.39. The average molecular weight is 266 g/mol. The summed E-state index contributed by atoms with van der Waals surface area (Å²) in [6.45, 7) is 6.68. The summed E-state index contributed by atoms with van der Waals surface area (Å²) in [5.74, 6) is 0.633. The number of thioether (sulfide) groups is 1. The van der Waals surface area contributed by atoms with Gasteiger partial charge in [0.05, 0.1) is 10.2 Å². The lowest BCUT2D eigenvalue weighted by Gasteiger charge is -2.18. The van der Waals surface area contributed by atoms with Crippen molar-refractivity contribution in [3.8, 4) is 0 Å².